The number of nitriles is 1. The number of hydrogen-bond acceptors (Lipinski definition) is 4. The molecule has 2 unspecified atom stereocenters. The zero-order chi connectivity index (χ0) is 23.9. The number of urea groups is 1. The Kier molecular flexibility index (Phi) is 7.21. The highest BCUT2D eigenvalue weighted by atomic mass is 16.2. The van der Waals surface area contributed by atoms with E-state index in [2.05, 4.69) is 39.9 Å². The fourth-order valence-electron chi connectivity index (χ4n) is 4.17. The van der Waals surface area contributed by atoms with Crippen molar-refractivity contribution in [3.63, 3.8) is 0 Å². The lowest BCUT2D eigenvalue weighted by Gasteiger charge is -2.18. The Hall–Kier alpha value is -4.15. The van der Waals surface area contributed by atoms with E-state index in [0.29, 0.717) is 28.4 Å². The minimum Gasteiger partial charge on any atom is -0.334 e. The van der Waals surface area contributed by atoms with Crippen LogP contribution < -0.4 is 16.0 Å². The third-order valence-electron chi connectivity index (χ3n) is 5.89. The van der Waals surface area contributed by atoms with E-state index < -0.39 is 0 Å². The first kappa shape index (κ1) is 23.0. The fourth-order valence-corrected chi connectivity index (χ4v) is 4.17. The van der Waals surface area contributed by atoms with Gasteiger partial charge in [0.25, 0.3) is 5.91 Å². The van der Waals surface area contributed by atoms with Crippen molar-refractivity contribution < 1.29 is 9.59 Å². The summed E-state index contributed by atoms with van der Waals surface area (Å²) in [4.78, 5) is 27.6. The SMILES string of the molecule is CC1CN(Cc2ccccc2)CC1NC(=O)Nc1cccc(C(=O)Nc2cccc(C#N)c2)c1. The maximum atomic E-state index is 12.6. The Labute approximate surface area is 199 Å². The Morgan fingerprint density at radius 3 is 2.44 bits per heavy atom. The van der Waals surface area contributed by atoms with E-state index in [4.69, 9.17) is 5.26 Å². The number of carbonyl (C=O) groups excluding carboxylic acids is 2. The average molecular weight is 454 g/mol. The van der Waals surface area contributed by atoms with Crippen LogP contribution in [-0.2, 0) is 6.54 Å². The predicted molar refractivity (Wildman–Crippen MR) is 132 cm³/mol. The van der Waals surface area contributed by atoms with Gasteiger partial charge in [-0.25, -0.2) is 4.79 Å². The highest BCUT2D eigenvalue weighted by molar-refractivity contribution is 6.05. The van der Waals surface area contributed by atoms with Crippen LogP contribution >= 0.6 is 0 Å². The molecule has 3 N–H and O–H groups in total. The molecule has 0 saturated carbocycles. The summed E-state index contributed by atoms with van der Waals surface area (Å²) in [5, 5.41) is 17.7. The highest BCUT2D eigenvalue weighted by Gasteiger charge is 2.30. The molecule has 7 nitrogen and oxygen atoms in total. The lowest BCUT2D eigenvalue weighted by Crippen LogP contribution is -2.42. The molecule has 2 atom stereocenters. The van der Waals surface area contributed by atoms with E-state index in [0.717, 1.165) is 19.6 Å². The van der Waals surface area contributed by atoms with Crippen molar-refractivity contribution in [3.8, 4) is 6.07 Å². The smallest absolute Gasteiger partial charge is 0.319 e. The summed E-state index contributed by atoms with van der Waals surface area (Å²) in [5.74, 6) is 0.0101. The van der Waals surface area contributed by atoms with Gasteiger partial charge in [0.2, 0.25) is 0 Å². The van der Waals surface area contributed by atoms with Gasteiger partial charge < -0.3 is 16.0 Å². The number of likely N-dealkylation sites (tertiary alicyclic amines) is 1. The maximum absolute atomic E-state index is 12.6. The lowest BCUT2D eigenvalue weighted by atomic mass is 10.1. The highest BCUT2D eigenvalue weighted by Crippen LogP contribution is 2.20. The first-order valence-corrected chi connectivity index (χ1v) is 11.3. The number of nitrogens with one attached hydrogen (secondary N) is 3. The van der Waals surface area contributed by atoms with Crippen LogP contribution in [0.2, 0.25) is 0 Å². The van der Waals surface area contributed by atoms with Gasteiger partial charge in [0, 0.05) is 42.6 Å². The molecule has 0 bridgehead atoms. The average Bonchev–Trinajstić information content (AvgIpc) is 3.18. The Morgan fingerprint density at radius 1 is 0.941 bits per heavy atom. The molecule has 0 radical (unpaired) electrons. The Morgan fingerprint density at radius 2 is 1.68 bits per heavy atom. The second kappa shape index (κ2) is 10.6. The molecule has 0 spiro atoms. The van der Waals surface area contributed by atoms with E-state index in [-0.39, 0.29) is 18.0 Å². The molecular formula is C27H27N5O2. The molecule has 1 heterocycles. The topological polar surface area (TPSA) is 97.3 Å². The van der Waals surface area contributed by atoms with E-state index in [1.165, 1.54) is 5.56 Å². The van der Waals surface area contributed by atoms with Crippen LogP contribution in [0.25, 0.3) is 0 Å². The molecule has 3 aromatic carbocycles. The van der Waals surface area contributed by atoms with Gasteiger partial charge in [-0.3, -0.25) is 9.69 Å². The summed E-state index contributed by atoms with van der Waals surface area (Å²) in [6, 6.07) is 25.6. The van der Waals surface area contributed by atoms with Gasteiger partial charge in [-0.2, -0.15) is 5.26 Å². The molecule has 0 aliphatic carbocycles. The number of nitrogens with zero attached hydrogens (tertiary/aromatic N) is 2. The van der Waals surface area contributed by atoms with Crippen LogP contribution in [0.15, 0.2) is 78.9 Å². The number of carbonyl (C=O) groups is 2. The first-order valence-electron chi connectivity index (χ1n) is 11.3. The van der Waals surface area contributed by atoms with E-state index in [9.17, 15) is 9.59 Å². The lowest BCUT2D eigenvalue weighted by molar-refractivity contribution is 0.102. The van der Waals surface area contributed by atoms with Crippen molar-refractivity contribution in [2.24, 2.45) is 5.92 Å². The number of rotatable bonds is 6. The molecule has 3 amide bonds. The number of hydrogen-bond donors (Lipinski definition) is 3. The van der Waals surface area contributed by atoms with Gasteiger partial charge in [-0.1, -0.05) is 49.4 Å². The standard InChI is InChI=1S/C27H27N5O2/c1-19-16-32(17-20-7-3-2-4-8-20)18-25(19)31-27(34)30-24-12-6-10-22(14-24)26(33)29-23-11-5-9-21(13-23)15-28/h2-14,19,25H,16-18H2,1H3,(H,29,33)(H2,30,31,34). The molecule has 1 saturated heterocycles. The Balaban J connectivity index is 1.32. The van der Waals surface area contributed by atoms with E-state index in [1.807, 2.05) is 24.3 Å². The molecule has 3 aromatic rings. The maximum Gasteiger partial charge on any atom is 0.319 e. The van der Waals surface area contributed by atoms with Crippen LogP contribution in [-0.4, -0.2) is 36.0 Å². The third kappa shape index (κ3) is 6.00. The van der Waals surface area contributed by atoms with Crippen molar-refractivity contribution >= 4 is 23.3 Å². The van der Waals surface area contributed by atoms with Gasteiger partial charge in [-0.05, 0) is 47.9 Å². The normalized spacial score (nSPS) is 17.5. The molecule has 1 aliphatic heterocycles. The third-order valence-corrected chi connectivity index (χ3v) is 5.89. The zero-order valence-electron chi connectivity index (χ0n) is 19.0. The molecule has 34 heavy (non-hydrogen) atoms. The summed E-state index contributed by atoms with van der Waals surface area (Å²) < 4.78 is 0. The van der Waals surface area contributed by atoms with Crippen LogP contribution in [0.3, 0.4) is 0 Å². The van der Waals surface area contributed by atoms with Crippen molar-refractivity contribution in [1.29, 1.82) is 5.26 Å². The molecule has 1 fully saturated rings. The predicted octanol–water partition coefficient (Wildman–Crippen LogP) is 4.45. The molecule has 4 rings (SSSR count). The summed E-state index contributed by atoms with van der Waals surface area (Å²) >= 11 is 0. The van der Waals surface area contributed by atoms with Gasteiger partial charge in [0.1, 0.15) is 0 Å². The summed E-state index contributed by atoms with van der Waals surface area (Å²) in [5.41, 5.74) is 3.20. The van der Waals surface area contributed by atoms with E-state index in [1.54, 1.807) is 48.5 Å². The second-order valence-corrected chi connectivity index (χ2v) is 8.59. The van der Waals surface area contributed by atoms with Gasteiger partial charge in [0.05, 0.1) is 11.6 Å². The van der Waals surface area contributed by atoms with Crippen LogP contribution in [0.5, 0.6) is 0 Å². The van der Waals surface area contributed by atoms with Crippen molar-refractivity contribution in [1.82, 2.24) is 10.2 Å². The number of anilines is 2. The minimum absolute atomic E-state index is 0.0441. The summed E-state index contributed by atoms with van der Waals surface area (Å²) in [7, 11) is 0. The van der Waals surface area contributed by atoms with Gasteiger partial charge in [-0.15, -0.1) is 0 Å². The van der Waals surface area contributed by atoms with Crippen LogP contribution in [0.4, 0.5) is 16.2 Å². The molecule has 7 heteroatoms. The van der Waals surface area contributed by atoms with Crippen LogP contribution in [0, 0.1) is 17.2 Å². The molecule has 1 aliphatic rings. The largest absolute Gasteiger partial charge is 0.334 e. The molecule has 172 valence electrons. The zero-order valence-corrected chi connectivity index (χ0v) is 19.0. The Bertz CT molecular complexity index is 1200. The number of benzene rings is 3. The number of amides is 3. The van der Waals surface area contributed by atoms with Gasteiger partial charge in [0.15, 0.2) is 0 Å². The van der Waals surface area contributed by atoms with E-state index >= 15 is 0 Å². The van der Waals surface area contributed by atoms with Crippen molar-refractivity contribution in [3.05, 3.63) is 95.6 Å². The quantitative estimate of drug-likeness (QED) is 0.514. The van der Waals surface area contributed by atoms with Crippen LogP contribution in [0.1, 0.15) is 28.4 Å². The van der Waals surface area contributed by atoms with Crippen molar-refractivity contribution in [2.45, 2.75) is 19.5 Å². The summed E-state index contributed by atoms with van der Waals surface area (Å²) in [6.45, 7) is 4.71. The molecular weight excluding hydrogens is 426 g/mol. The first-order chi connectivity index (χ1) is 16.5. The molecule has 0 aromatic heterocycles. The minimum atomic E-state index is -0.319. The second-order valence-electron chi connectivity index (χ2n) is 8.59. The monoisotopic (exact) mass is 453 g/mol. The summed E-state index contributed by atoms with van der Waals surface area (Å²) in [6.07, 6.45) is 0. The fraction of sp³-hybridized carbons (Fsp3) is 0.222. The van der Waals surface area contributed by atoms with Gasteiger partial charge >= 0.3 is 6.03 Å². The van der Waals surface area contributed by atoms with Crippen molar-refractivity contribution in [2.75, 3.05) is 23.7 Å².